The van der Waals surface area contributed by atoms with Gasteiger partial charge in [0.2, 0.25) is 0 Å². The largest absolute Gasteiger partial charge is 0.345 e. The second kappa shape index (κ2) is 5.16. The van der Waals surface area contributed by atoms with Crippen molar-refractivity contribution in [1.29, 1.82) is 0 Å². The van der Waals surface area contributed by atoms with Crippen LogP contribution in [0.25, 0.3) is 0 Å². The van der Waals surface area contributed by atoms with E-state index in [0.717, 1.165) is 11.3 Å². The number of aromatic nitrogens is 3. The molecule has 0 atom stereocenters. The predicted molar refractivity (Wildman–Crippen MR) is 62.2 cm³/mol. The van der Waals surface area contributed by atoms with Crippen molar-refractivity contribution in [1.82, 2.24) is 20.3 Å². The molecule has 0 aliphatic carbocycles. The first kappa shape index (κ1) is 11.2. The Labute approximate surface area is 99.0 Å². The average molecular weight is 228 g/mol. The molecule has 2 rings (SSSR count). The summed E-state index contributed by atoms with van der Waals surface area (Å²) in [6, 6.07) is 3.65. The fourth-order valence-electron chi connectivity index (χ4n) is 1.40. The molecule has 5 heteroatoms. The molecule has 0 fully saturated rings. The highest BCUT2D eigenvalue weighted by Gasteiger charge is 2.09. The van der Waals surface area contributed by atoms with Gasteiger partial charge in [0.05, 0.1) is 18.4 Å². The van der Waals surface area contributed by atoms with Gasteiger partial charge >= 0.3 is 0 Å². The minimum absolute atomic E-state index is 0.200. The van der Waals surface area contributed by atoms with E-state index in [1.807, 2.05) is 13.0 Å². The van der Waals surface area contributed by atoms with E-state index < -0.39 is 0 Å². The number of amides is 1. The van der Waals surface area contributed by atoms with Crippen molar-refractivity contribution in [3.8, 4) is 0 Å². The minimum Gasteiger partial charge on any atom is -0.345 e. The van der Waals surface area contributed by atoms with Crippen LogP contribution in [0.4, 0.5) is 0 Å². The summed E-state index contributed by atoms with van der Waals surface area (Å²) in [5.41, 5.74) is 2.01. The molecule has 0 saturated heterocycles. The van der Waals surface area contributed by atoms with E-state index in [9.17, 15) is 4.79 Å². The summed E-state index contributed by atoms with van der Waals surface area (Å²) in [6.45, 7) is 2.20. The van der Waals surface area contributed by atoms with E-state index in [1.165, 1.54) is 0 Å². The number of aryl methyl sites for hydroxylation is 1. The van der Waals surface area contributed by atoms with Gasteiger partial charge in [-0.05, 0) is 18.6 Å². The summed E-state index contributed by atoms with van der Waals surface area (Å²) in [5, 5.41) is 2.75. The number of carbonyl (C=O) groups excluding carboxylic acids is 1. The fraction of sp³-hybridized carbons (Fsp3) is 0.167. The molecule has 86 valence electrons. The lowest BCUT2D eigenvalue weighted by Crippen LogP contribution is -2.25. The Hall–Kier alpha value is -2.30. The quantitative estimate of drug-likeness (QED) is 0.854. The molecule has 0 spiro atoms. The predicted octanol–water partition coefficient (Wildman–Crippen LogP) is 1.11. The van der Waals surface area contributed by atoms with Gasteiger partial charge in [-0.2, -0.15) is 0 Å². The fourth-order valence-corrected chi connectivity index (χ4v) is 1.40. The maximum absolute atomic E-state index is 11.8. The van der Waals surface area contributed by atoms with E-state index in [2.05, 4.69) is 20.3 Å². The Kier molecular flexibility index (Phi) is 3.40. The van der Waals surface area contributed by atoms with Crippen LogP contribution in [0.15, 0.2) is 36.9 Å². The van der Waals surface area contributed by atoms with Crippen molar-refractivity contribution in [2.75, 3.05) is 0 Å². The third kappa shape index (κ3) is 2.84. The lowest BCUT2D eigenvalue weighted by molar-refractivity contribution is 0.0944. The third-order valence-electron chi connectivity index (χ3n) is 2.27. The van der Waals surface area contributed by atoms with Crippen LogP contribution in [0, 0.1) is 6.92 Å². The van der Waals surface area contributed by atoms with Crippen LogP contribution in [0.1, 0.15) is 21.7 Å². The monoisotopic (exact) mass is 228 g/mol. The lowest BCUT2D eigenvalue weighted by atomic mass is 10.2. The van der Waals surface area contributed by atoms with Crippen molar-refractivity contribution in [2.45, 2.75) is 13.5 Å². The number of nitrogens with one attached hydrogen (secondary N) is 1. The van der Waals surface area contributed by atoms with Crippen LogP contribution in [-0.2, 0) is 6.54 Å². The smallest absolute Gasteiger partial charge is 0.270 e. The Balaban J connectivity index is 2.01. The standard InChI is InChI=1S/C12H12N4O/c1-9-3-2-4-15-11(9)12(17)16-8-10-7-13-5-6-14-10/h2-7H,8H2,1H3,(H,16,17). The zero-order valence-electron chi connectivity index (χ0n) is 9.42. The zero-order chi connectivity index (χ0) is 12.1. The topological polar surface area (TPSA) is 67.8 Å². The summed E-state index contributed by atoms with van der Waals surface area (Å²) in [6.07, 6.45) is 6.40. The molecule has 1 amide bonds. The molecular weight excluding hydrogens is 216 g/mol. The number of hydrogen-bond donors (Lipinski definition) is 1. The molecule has 0 bridgehead atoms. The minimum atomic E-state index is -0.200. The summed E-state index contributed by atoms with van der Waals surface area (Å²) < 4.78 is 0. The van der Waals surface area contributed by atoms with Gasteiger partial charge in [-0.25, -0.2) is 0 Å². The molecule has 0 saturated carbocycles. The van der Waals surface area contributed by atoms with Crippen molar-refractivity contribution >= 4 is 5.91 Å². The zero-order valence-corrected chi connectivity index (χ0v) is 9.42. The average Bonchev–Trinajstić information content (AvgIpc) is 2.38. The Morgan fingerprint density at radius 2 is 2.18 bits per heavy atom. The SMILES string of the molecule is Cc1cccnc1C(=O)NCc1cnccn1. The second-order valence-corrected chi connectivity index (χ2v) is 3.55. The molecular formula is C12H12N4O. The van der Waals surface area contributed by atoms with E-state index >= 15 is 0 Å². The van der Waals surface area contributed by atoms with E-state index in [4.69, 9.17) is 0 Å². The number of nitrogens with zero attached hydrogens (tertiary/aromatic N) is 3. The van der Waals surface area contributed by atoms with Crippen molar-refractivity contribution in [3.05, 3.63) is 53.9 Å². The number of hydrogen-bond acceptors (Lipinski definition) is 4. The first-order valence-electron chi connectivity index (χ1n) is 5.22. The molecule has 1 N–H and O–H groups in total. The molecule has 2 aromatic rings. The maximum Gasteiger partial charge on any atom is 0.270 e. The van der Waals surface area contributed by atoms with Crippen molar-refractivity contribution in [2.24, 2.45) is 0 Å². The summed E-state index contributed by atoms with van der Waals surface area (Å²) >= 11 is 0. The van der Waals surface area contributed by atoms with Gasteiger partial charge in [-0.3, -0.25) is 19.7 Å². The van der Waals surface area contributed by atoms with Gasteiger partial charge in [0.1, 0.15) is 5.69 Å². The highest BCUT2D eigenvalue weighted by molar-refractivity contribution is 5.93. The Morgan fingerprint density at radius 1 is 1.29 bits per heavy atom. The van der Waals surface area contributed by atoms with Gasteiger partial charge < -0.3 is 5.32 Å². The third-order valence-corrected chi connectivity index (χ3v) is 2.27. The van der Waals surface area contributed by atoms with Gasteiger partial charge in [0.15, 0.2) is 0 Å². The van der Waals surface area contributed by atoms with Crippen LogP contribution >= 0.6 is 0 Å². The number of rotatable bonds is 3. The Morgan fingerprint density at radius 3 is 2.88 bits per heavy atom. The van der Waals surface area contributed by atoms with Gasteiger partial charge in [0, 0.05) is 18.6 Å². The molecule has 2 heterocycles. The van der Waals surface area contributed by atoms with E-state index in [-0.39, 0.29) is 5.91 Å². The van der Waals surface area contributed by atoms with Gasteiger partial charge in [0.25, 0.3) is 5.91 Å². The van der Waals surface area contributed by atoms with Gasteiger partial charge in [-0.15, -0.1) is 0 Å². The molecule has 0 radical (unpaired) electrons. The molecule has 5 nitrogen and oxygen atoms in total. The van der Waals surface area contributed by atoms with Crippen LogP contribution in [0.2, 0.25) is 0 Å². The first-order valence-corrected chi connectivity index (χ1v) is 5.22. The van der Waals surface area contributed by atoms with E-state index in [1.54, 1.807) is 30.9 Å². The summed E-state index contributed by atoms with van der Waals surface area (Å²) in [5.74, 6) is -0.200. The molecule has 0 aromatic carbocycles. The molecule has 17 heavy (non-hydrogen) atoms. The lowest BCUT2D eigenvalue weighted by Gasteiger charge is -2.05. The number of carbonyl (C=O) groups is 1. The van der Waals surface area contributed by atoms with Crippen LogP contribution < -0.4 is 5.32 Å². The highest BCUT2D eigenvalue weighted by atomic mass is 16.1. The van der Waals surface area contributed by atoms with E-state index in [0.29, 0.717) is 12.2 Å². The van der Waals surface area contributed by atoms with Crippen LogP contribution in [-0.4, -0.2) is 20.9 Å². The molecule has 2 aromatic heterocycles. The summed E-state index contributed by atoms with van der Waals surface area (Å²) in [4.78, 5) is 23.9. The second-order valence-electron chi connectivity index (χ2n) is 3.55. The normalized spacial score (nSPS) is 9.94. The van der Waals surface area contributed by atoms with Crippen LogP contribution in [0.5, 0.6) is 0 Å². The molecule has 0 aliphatic heterocycles. The Bertz CT molecular complexity index is 513. The van der Waals surface area contributed by atoms with Gasteiger partial charge in [-0.1, -0.05) is 6.07 Å². The van der Waals surface area contributed by atoms with Crippen molar-refractivity contribution in [3.63, 3.8) is 0 Å². The van der Waals surface area contributed by atoms with Crippen molar-refractivity contribution < 1.29 is 4.79 Å². The molecule has 0 aliphatic rings. The molecule has 0 unspecified atom stereocenters. The summed E-state index contributed by atoms with van der Waals surface area (Å²) in [7, 11) is 0. The first-order chi connectivity index (χ1) is 8.27. The maximum atomic E-state index is 11.8. The van der Waals surface area contributed by atoms with Crippen LogP contribution in [0.3, 0.4) is 0 Å². The highest BCUT2D eigenvalue weighted by Crippen LogP contribution is 2.02. The number of pyridine rings is 1.